The maximum Gasteiger partial charge on any atom is 0.326 e. The number of aliphatic hydroxyl groups is 1. The molecule has 0 aliphatic carbocycles. The SMILES string of the molecule is O=C(O)CCC(NC(=O)CC(O)(CC(=O)NC(CCC(=O)O)C(=O)O)C(=O)NC(CCC(=O)O)C(=O)O)C(=O)O. The Morgan fingerprint density at radius 2 is 0.775 bits per heavy atom. The van der Waals surface area contributed by atoms with Crippen molar-refractivity contribution in [1.29, 1.82) is 0 Å². The van der Waals surface area contributed by atoms with Gasteiger partial charge in [0.15, 0.2) is 5.60 Å². The van der Waals surface area contributed by atoms with Crippen LogP contribution in [0, 0.1) is 0 Å². The van der Waals surface area contributed by atoms with Crippen LogP contribution in [0.4, 0.5) is 0 Å². The fourth-order valence-electron chi connectivity index (χ4n) is 3.11. The van der Waals surface area contributed by atoms with E-state index >= 15 is 0 Å². The predicted molar refractivity (Wildman–Crippen MR) is 123 cm³/mol. The van der Waals surface area contributed by atoms with Crippen LogP contribution >= 0.6 is 0 Å². The maximum absolute atomic E-state index is 12.8. The van der Waals surface area contributed by atoms with Gasteiger partial charge in [0.1, 0.15) is 18.1 Å². The average molecular weight is 579 g/mol. The van der Waals surface area contributed by atoms with Crippen LogP contribution in [-0.2, 0) is 43.2 Å². The predicted octanol–water partition coefficient (Wildman–Crippen LogP) is -3.20. The highest BCUT2D eigenvalue weighted by Crippen LogP contribution is 2.18. The van der Waals surface area contributed by atoms with Gasteiger partial charge in [0, 0.05) is 19.3 Å². The van der Waals surface area contributed by atoms with Gasteiger partial charge in [0.05, 0.1) is 12.8 Å². The largest absolute Gasteiger partial charge is 0.481 e. The van der Waals surface area contributed by atoms with E-state index in [1.807, 2.05) is 10.6 Å². The molecule has 3 amide bonds. The molecule has 0 spiro atoms. The number of aliphatic carboxylic acids is 6. The van der Waals surface area contributed by atoms with Crippen LogP contribution in [0.15, 0.2) is 0 Å². The highest BCUT2D eigenvalue weighted by atomic mass is 16.4. The molecule has 0 radical (unpaired) electrons. The summed E-state index contributed by atoms with van der Waals surface area (Å²) in [6.07, 6.45) is -6.95. The van der Waals surface area contributed by atoms with Gasteiger partial charge in [0.25, 0.3) is 5.91 Å². The molecule has 0 saturated carbocycles. The second kappa shape index (κ2) is 16.2. The first-order valence-electron chi connectivity index (χ1n) is 11.3. The summed E-state index contributed by atoms with van der Waals surface area (Å²) < 4.78 is 0. The van der Waals surface area contributed by atoms with E-state index in [0.717, 1.165) is 0 Å². The Morgan fingerprint density at radius 1 is 0.500 bits per heavy atom. The second-order valence-corrected chi connectivity index (χ2v) is 8.46. The number of rotatable bonds is 20. The summed E-state index contributed by atoms with van der Waals surface area (Å²) in [5.74, 6) is -13.9. The molecule has 224 valence electrons. The number of carbonyl (C=O) groups is 9. The van der Waals surface area contributed by atoms with Gasteiger partial charge >= 0.3 is 35.8 Å². The van der Waals surface area contributed by atoms with E-state index in [1.54, 1.807) is 5.32 Å². The first-order chi connectivity index (χ1) is 18.4. The summed E-state index contributed by atoms with van der Waals surface area (Å²) in [7, 11) is 0. The second-order valence-electron chi connectivity index (χ2n) is 8.46. The summed E-state index contributed by atoms with van der Waals surface area (Å²) in [6, 6.07) is -5.58. The topological polar surface area (TPSA) is 331 Å². The van der Waals surface area contributed by atoms with Crippen molar-refractivity contribution in [2.24, 2.45) is 0 Å². The van der Waals surface area contributed by atoms with Crippen LogP contribution in [-0.4, -0.2) is 113 Å². The highest BCUT2D eigenvalue weighted by Gasteiger charge is 2.43. The van der Waals surface area contributed by atoms with Crippen LogP contribution < -0.4 is 16.0 Å². The third kappa shape index (κ3) is 13.7. The molecule has 19 nitrogen and oxygen atoms in total. The lowest BCUT2D eigenvalue weighted by Crippen LogP contribution is -2.57. The van der Waals surface area contributed by atoms with E-state index in [9.17, 15) is 63.6 Å². The zero-order valence-corrected chi connectivity index (χ0v) is 20.7. The fraction of sp³-hybridized carbons (Fsp3) is 0.571. The van der Waals surface area contributed by atoms with E-state index in [2.05, 4.69) is 0 Å². The molecular formula is C21H29N3O16. The van der Waals surface area contributed by atoms with Crippen LogP contribution in [0.3, 0.4) is 0 Å². The number of amides is 3. The van der Waals surface area contributed by atoms with Crippen molar-refractivity contribution in [2.75, 3.05) is 0 Å². The summed E-state index contributed by atoms with van der Waals surface area (Å²) in [5.41, 5.74) is -3.17. The van der Waals surface area contributed by atoms with Gasteiger partial charge in [-0.25, -0.2) is 14.4 Å². The lowest BCUT2D eigenvalue weighted by Gasteiger charge is -2.28. The average Bonchev–Trinajstić information content (AvgIpc) is 2.80. The Labute approximate surface area is 224 Å². The Hall–Kier alpha value is -4.81. The molecule has 0 aliphatic heterocycles. The summed E-state index contributed by atoms with van der Waals surface area (Å²) >= 11 is 0. The van der Waals surface area contributed by atoms with E-state index in [4.69, 9.17) is 15.3 Å². The quantitative estimate of drug-likeness (QED) is 0.0678. The van der Waals surface area contributed by atoms with Crippen molar-refractivity contribution >= 4 is 53.5 Å². The first-order valence-corrected chi connectivity index (χ1v) is 11.3. The van der Waals surface area contributed by atoms with Gasteiger partial charge in [-0.2, -0.15) is 0 Å². The van der Waals surface area contributed by atoms with E-state index in [1.165, 1.54) is 0 Å². The Balaban J connectivity index is 6.00. The monoisotopic (exact) mass is 579 g/mol. The fourth-order valence-corrected chi connectivity index (χ4v) is 3.11. The molecule has 0 aromatic heterocycles. The lowest BCUT2D eigenvalue weighted by atomic mass is 9.92. The summed E-state index contributed by atoms with van der Waals surface area (Å²) in [4.78, 5) is 104. The molecule has 0 bridgehead atoms. The Kier molecular flexibility index (Phi) is 14.3. The first kappa shape index (κ1) is 35.2. The van der Waals surface area contributed by atoms with Crippen molar-refractivity contribution in [3.05, 3.63) is 0 Å². The van der Waals surface area contributed by atoms with Crippen molar-refractivity contribution < 1.29 is 78.9 Å². The van der Waals surface area contributed by atoms with Crippen molar-refractivity contribution in [3.63, 3.8) is 0 Å². The Morgan fingerprint density at radius 3 is 1.02 bits per heavy atom. The zero-order valence-electron chi connectivity index (χ0n) is 20.7. The molecule has 0 saturated heterocycles. The normalized spacial score (nSPS) is 14.3. The summed E-state index contributed by atoms with van der Waals surface area (Å²) in [6.45, 7) is 0. The van der Waals surface area contributed by atoms with Gasteiger partial charge in [-0.15, -0.1) is 0 Å². The molecule has 3 atom stereocenters. The number of hydrogen-bond donors (Lipinski definition) is 10. The molecule has 0 rings (SSSR count). The number of carboxylic acids is 6. The number of carboxylic acid groups (broad SMARTS) is 6. The van der Waals surface area contributed by atoms with Gasteiger partial charge in [-0.05, 0) is 19.3 Å². The van der Waals surface area contributed by atoms with Crippen molar-refractivity contribution in [2.45, 2.75) is 75.1 Å². The smallest absolute Gasteiger partial charge is 0.326 e. The van der Waals surface area contributed by atoms with E-state index in [0.29, 0.717) is 0 Å². The molecule has 19 heteroatoms. The van der Waals surface area contributed by atoms with Crippen LogP contribution in [0.2, 0.25) is 0 Å². The van der Waals surface area contributed by atoms with E-state index in [-0.39, 0.29) is 0 Å². The standard InChI is InChI=1S/C21H29N3O16/c25-12(22-9(17(33)34)1-4-14(27)28)7-21(40,20(39)24-11(19(37)38)3-6-16(31)32)8-13(26)23-10(18(35)36)2-5-15(29)30/h9-11,40H,1-8H2,(H,22,25)(H,23,26)(H,24,39)(H,27,28)(H,29,30)(H,31,32)(H,33,34)(H,35,36)(H,37,38). The molecule has 0 aliphatic rings. The van der Waals surface area contributed by atoms with Crippen molar-refractivity contribution in [3.8, 4) is 0 Å². The third-order valence-corrected chi connectivity index (χ3v) is 5.14. The molecule has 3 unspecified atom stereocenters. The minimum absolute atomic E-state index is 0.623. The number of hydrogen-bond acceptors (Lipinski definition) is 10. The lowest BCUT2D eigenvalue weighted by molar-refractivity contribution is -0.154. The minimum Gasteiger partial charge on any atom is -0.481 e. The van der Waals surface area contributed by atoms with Gasteiger partial charge in [-0.3, -0.25) is 28.8 Å². The van der Waals surface area contributed by atoms with Gasteiger partial charge in [0.2, 0.25) is 11.8 Å². The van der Waals surface area contributed by atoms with E-state index < -0.39 is 129 Å². The van der Waals surface area contributed by atoms with Crippen LogP contribution in [0.25, 0.3) is 0 Å². The maximum atomic E-state index is 12.8. The Bertz CT molecular complexity index is 973. The zero-order chi connectivity index (χ0) is 31.2. The number of carbonyl (C=O) groups excluding carboxylic acids is 3. The third-order valence-electron chi connectivity index (χ3n) is 5.14. The molecule has 0 heterocycles. The van der Waals surface area contributed by atoms with Gasteiger partial charge < -0.3 is 51.7 Å². The molecule has 10 N–H and O–H groups in total. The molecule has 0 aromatic rings. The van der Waals surface area contributed by atoms with Gasteiger partial charge in [-0.1, -0.05) is 0 Å². The summed E-state index contributed by atoms with van der Waals surface area (Å²) in [5, 5.41) is 70.2. The minimum atomic E-state index is -3.17. The molecule has 0 fully saturated rings. The molecule has 0 aromatic carbocycles. The van der Waals surface area contributed by atoms with Crippen molar-refractivity contribution in [1.82, 2.24) is 16.0 Å². The van der Waals surface area contributed by atoms with Crippen LogP contribution in [0.1, 0.15) is 51.4 Å². The number of nitrogens with one attached hydrogen (secondary N) is 3. The molecular weight excluding hydrogens is 550 g/mol. The molecule has 40 heavy (non-hydrogen) atoms. The highest BCUT2D eigenvalue weighted by molar-refractivity contribution is 5.98. The van der Waals surface area contributed by atoms with Crippen LogP contribution in [0.5, 0.6) is 0 Å².